The Morgan fingerprint density at radius 2 is 1.92 bits per heavy atom. The molecule has 0 fully saturated rings. The molecule has 3 rings (SSSR count). The number of fused-ring (bicyclic) bond motifs is 1. The standard InChI is InChI=1S/C20H22O5/c1-3-5-14(21)19-16(23)9-8-12(20(19)24)13-10-11(2)25-17-7-4-6-15(22)18(13)17/h4,6-9,11,13,22-24H,3,5,10H2,1-2H3. The summed E-state index contributed by atoms with van der Waals surface area (Å²) in [6.07, 6.45) is 1.31. The topological polar surface area (TPSA) is 87.0 Å². The van der Waals surface area contributed by atoms with E-state index in [1.54, 1.807) is 24.3 Å². The number of phenolic OH excluding ortho intramolecular Hbond substituents is 3. The molecule has 25 heavy (non-hydrogen) atoms. The van der Waals surface area contributed by atoms with Crippen molar-refractivity contribution in [2.45, 2.75) is 45.1 Å². The summed E-state index contributed by atoms with van der Waals surface area (Å²) in [6.45, 7) is 3.78. The van der Waals surface area contributed by atoms with Gasteiger partial charge in [0.1, 0.15) is 28.6 Å². The normalized spacial score (nSPS) is 19.1. The number of hydrogen-bond donors (Lipinski definition) is 3. The lowest BCUT2D eigenvalue weighted by atomic mass is 9.82. The summed E-state index contributed by atoms with van der Waals surface area (Å²) in [4.78, 5) is 12.3. The third kappa shape index (κ3) is 3.02. The maximum absolute atomic E-state index is 12.3. The third-order valence-corrected chi connectivity index (χ3v) is 4.61. The Morgan fingerprint density at radius 1 is 1.16 bits per heavy atom. The molecule has 0 saturated heterocycles. The Morgan fingerprint density at radius 3 is 2.64 bits per heavy atom. The van der Waals surface area contributed by atoms with Crippen LogP contribution in [0.5, 0.6) is 23.0 Å². The number of ketones is 1. The highest BCUT2D eigenvalue weighted by Crippen LogP contribution is 2.48. The molecule has 5 nitrogen and oxygen atoms in total. The number of ether oxygens (including phenoxy) is 1. The van der Waals surface area contributed by atoms with Gasteiger partial charge >= 0.3 is 0 Å². The average molecular weight is 342 g/mol. The summed E-state index contributed by atoms with van der Waals surface area (Å²) in [5.74, 6) is -0.407. The second kappa shape index (κ2) is 6.67. The van der Waals surface area contributed by atoms with Crippen molar-refractivity contribution in [2.24, 2.45) is 0 Å². The highest BCUT2D eigenvalue weighted by Gasteiger charge is 2.33. The van der Waals surface area contributed by atoms with E-state index in [9.17, 15) is 20.1 Å². The molecule has 0 aliphatic carbocycles. The first-order chi connectivity index (χ1) is 11.9. The minimum absolute atomic E-state index is 0.0459. The fourth-order valence-corrected chi connectivity index (χ4v) is 3.49. The van der Waals surface area contributed by atoms with E-state index in [1.165, 1.54) is 6.07 Å². The van der Waals surface area contributed by atoms with Gasteiger partial charge < -0.3 is 20.1 Å². The van der Waals surface area contributed by atoms with Crippen molar-refractivity contribution in [3.05, 3.63) is 47.0 Å². The van der Waals surface area contributed by atoms with E-state index in [0.717, 1.165) is 0 Å². The maximum atomic E-state index is 12.3. The van der Waals surface area contributed by atoms with Gasteiger partial charge in [-0.1, -0.05) is 19.1 Å². The van der Waals surface area contributed by atoms with Gasteiger partial charge in [0.2, 0.25) is 0 Å². The fraction of sp³-hybridized carbons (Fsp3) is 0.350. The maximum Gasteiger partial charge on any atom is 0.170 e. The van der Waals surface area contributed by atoms with Crippen LogP contribution in [0.3, 0.4) is 0 Å². The van der Waals surface area contributed by atoms with Gasteiger partial charge in [0.25, 0.3) is 0 Å². The number of carbonyl (C=O) groups excluding carboxylic acids is 1. The van der Waals surface area contributed by atoms with Crippen LogP contribution in [0.1, 0.15) is 60.5 Å². The minimum Gasteiger partial charge on any atom is -0.508 e. The summed E-state index contributed by atoms with van der Waals surface area (Å²) in [6, 6.07) is 8.09. The molecule has 2 unspecified atom stereocenters. The molecule has 3 N–H and O–H groups in total. The zero-order valence-electron chi connectivity index (χ0n) is 14.3. The molecule has 1 heterocycles. The van der Waals surface area contributed by atoms with Gasteiger partial charge in [0, 0.05) is 23.5 Å². The largest absolute Gasteiger partial charge is 0.508 e. The van der Waals surface area contributed by atoms with Crippen LogP contribution in [0, 0.1) is 0 Å². The number of carbonyl (C=O) groups is 1. The van der Waals surface area contributed by atoms with Crippen LogP contribution in [0.2, 0.25) is 0 Å². The zero-order chi connectivity index (χ0) is 18.1. The van der Waals surface area contributed by atoms with E-state index in [-0.39, 0.29) is 47.0 Å². The van der Waals surface area contributed by atoms with Gasteiger partial charge in [-0.15, -0.1) is 0 Å². The SMILES string of the molecule is CCCC(=O)c1c(O)ccc(C2CC(C)Oc3cccc(O)c32)c1O. The molecular formula is C20H22O5. The van der Waals surface area contributed by atoms with E-state index < -0.39 is 0 Å². The Bertz CT molecular complexity index is 812. The van der Waals surface area contributed by atoms with Crippen LogP contribution in [0.15, 0.2) is 30.3 Å². The highest BCUT2D eigenvalue weighted by molar-refractivity contribution is 6.01. The number of phenols is 3. The van der Waals surface area contributed by atoms with E-state index in [2.05, 4.69) is 0 Å². The van der Waals surface area contributed by atoms with Gasteiger partial charge in [-0.05, 0) is 38.0 Å². The van der Waals surface area contributed by atoms with E-state index >= 15 is 0 Å². The van der Waals surface area contributed by atoms with Crippen molar-refractivity contribution in [1.29, 1.82) is 0 Å². The number of benzene rings is 2. The Hall–Kier alpha value is -2.69. The van der Waals surface area contributed by atoms with E-state index in [1.807, 2.05) is 13.8 Å². The van der Waals surface area contributed by atoms with Crippen molar-refractivity contribution in [2.75, 3.05) is 0 Å². The molecule has 1 aliphatic heterocycles. The van der Waals surface area contributed by atoms with Crippen molar-refractivity contribution in [3.63, 3.8) is 0 Å². The molecule has 0 aromatic heterocycles. The third-order valence-electron chi connectivity index (χ3n) is 4.61. The molecule has 1 aliphatic rings. The number of hydrogen-bond acceptors (Lipinski definition) is 5. The second-order valence-corrected chi connectivity index (χ2v) is 6.48. The van der Waals surface area contributed by atoms with Crippen LogP contribution >= 0.6 is 0 Å². The van der Waals surface area contributed by atoms with Crippen LogP contribution in [-0.2, 0) is 0 Å². The van der Waals surface area contributed by atoms with Crippen LogP contribution in [0.25, 0.3) is 0 Å². The predicted octanol–water partition coefficient (Wildman–Crippen LogP) is 4.09. The van der Waals surface area contributed by atoms with Crippen molar-refractivity contribution < 1.29 is 24.9 Å². The van der Waals surface area contributed by atoms with Gasteiger partial charge in [-0.3, -0.25) is 4.79 Å². The summed E-state index contributed by atoms with van der Waals surface area (Å²) < 4.78 is 5.79. The summed E-state index contributed by atoms with van der Waals surface area (Å²) in [5, 5.41) is 31.1. The summed E-state index contributed by atoms with van der Waals surface area (Å²) in [5.41, 5.74) is 1.06. The zero-order valence-corrected chi connectivity index (χ0v) is 14.3. The molecular weight excluding hydrogens is 320 g/mol. The van der Waals surface area contributed by atoms with Crippen LogP contribution in [0.4, 0.5) is 0 Å². The van der Waals surface area contributed by atoms with Gasteiger partial charge in [-0.25, -0.2) is 0 Å². The monoisotopic (exact) mass is 342 g/mol. The second-order valence-electron chi connectivity index (χ2n) is 6.48. The fourth-order valence-electron chi connectivity index (χ4n) is 3.49. The van der Waals surface area contributed by atoms with Gasteiger partial charge in [-0.2, -0.15) is 0 Å². The summed E-state index contributed by atoms with van der Waals surface area (Å²) in [7, 11) is 0. The van der Waals surface area contributed by atoms with Crippen LogP contribution in [-0.4, -0.2) is 27.2 Å². The number of rotatable bonds is 4. The van der Waals surface area contributed by atoms with Crippen molar-refractivity contribution in [3.8, 4) is 23.0 Å². The smallest absolute Gasteiger partial charge is 0.170 e. The minimum atomic E-state index is -0.325. The van der Waals surface area contributed by atoms with Crippen molar-refractivity contribution >= 4 is 5.78 Å². The highest BCUT2D eigenvalue weighted by atomic mass is 16.5. The predicted molar refractivity (Wildman–Crippen MR) is 93.7 cm³/mol. The van der Waals surface area contributed by atoms with E-state index in [0.29, 0.717) is 29.7 Å². The van der Waals surface area contributed by atoms with Crippen molar-refractivity contribution in [1.82, 2.24) is 0 Å². The molecule has 2 aromatic carbocycles. The van der Waals surface area contributed by atoms with Gasteiger partial charge in [0.15, 0.2) is 5.78 Å². The molecule has 132 valence electrons. The molecule has 0 bridgehead atoms. The van der Waals surface area contributed by atoms with E-state index in [4.69, 9.17) is 4.74 Å². The Balaban J connectivity index is 2.15. The molecule has 0 radical (unpaired) electrons. The Kier molecular flexibility index (Phi) is 4.57. The summed E-state index contributed by atoms with van der Waals surface area (Å²) >= 11 is 0. The van der Waals surface area contributed by atoms with Gasteiger partial charge in [0.05, 0.1) is 6.10 Å². The molecule has 0 spiro atoms. The first-order valence-corrected chi connectivity index (χ1v) is 8.50. The lowest BCUT2D eigenvalue weighted by Crippen LogP contribution is -2.23. The number of Topliss-reactive ketones (excluding diaryl/α,β-unsaturated/α-hetero) is 1. The Labute approximate surface area is 146 Å². The first-order valence-electron chi connectivity index (χ1n) is 8.50. The lowest BCUT2D eigenvalue weighted by Gasteiger charge is -2.31. The van der Waals surface area contributed by atoms with Crippen LogP contribution < -0.4 is 4.74 Å². The lowest BCUT2D eigenvalue weighted by molar-refractivity contribution is 0.0976. The molecule has 0 saturated carbocycles. The quantitative estimate of drug-likeness (QED) is 0.729. The average Bonchev–Trinajstić information content (AvgIpc) is 2.54. The molecule has 0 amide bonds. The molecule has 2 aromatic rings. The first kappa shape index (κ1) is 17.1. The molecule has 2 atom stereocenters. The number of aromatic hydroxyl groups is 3. The molecule has 5 heteroatoms.